The molecule has 1 aromatic carbocycles. The first-order valence-corrected chi connectivity index (χ1v) is 7.27. The van der Waals surface area contributed by atoms with Crippen LogP contribution in [-0.4, -0.2) is 28.1 Å². The average molecular weight is 319 g/mol. The number of benzene rings is 1. The van der Waals surface area contributed by atoms with Crippen LogP contribution in [0.15, 0.2) is 36.5 Å². The Hall–Kier alpha value is -2.34. The molecule has 0 spiro atoms. The SMILES string of the molecule is Cn1ccc(NC(=O)C2CC(=O)N(c3ccc(Cl)cc3)C2)n1. The summed E-state index contributed by atoms with van der Waals surface area (Å²) in [4.78, 5) is 26.0. The zero-order valence-corrected chi connectivity index (χ0v) is 12.7. The van der Waals surface area contributed by atoms with E-state index >= 15 is 0 Å². The van der Waals surface area contributed by atoms with Crippen molar-refractivity contribution >= 4 is 34.9 Å². The Kier molecular flexibility index (Phi) is 3.85. The molecular weight excluding hydrogens is 304 g/mol. The minimum Gasteiger partial charge on any atom is -0.312 e. The van der Waals surface area contributed by atoms with Crippen molar-refractivity contribution in [1.29, 1.82) is 0 Å². The second-order valence-electron chi connectivity index (χ2n) is 5.25. The van der Waals surface area contributed by atoms with Gasteiger partial charge in [0.1, 0.15) is 0 Å². The third kappa shape index (κ3) is 2.96. The summed E-state index contributed by atoms with van der Waals surface area (Å²) < 4.78 is 1.61. The molecule has 1 aromatic heterocycles. The number of aromatic nitrogens is 2. The number of rotatable bonds is 3. The van der Waals surface area contributed by atoms with Crippen molar-refractivity contribution in [2.75, 3.05) is 16.8 Å². The fourth-order valence-electron chi connectivity index (χ4n) is 2.46. The zero-order chi connectivity index (χ0) is 15.7. The maximum Gasteiger partial charge on any atom is 0.231 e. The van der Waals surface area contributed by atoms with Crippen molar-refractivity contribution < 1.29 is 9.59 Å². The quantitative estimate of drug-likeness (QED) is 0.942. The molecule has 2 heterocycles. The van der Waals surface area contributed by atoms with Gasteiger partial charge >= 0.3 is 0 Å². The Labute approximate surface area is 132 Å². The molecule has 22 heavy (non-hydrogen) atoms. The van der Waals surface area contributed by atoms with Crippen LogP contribution in [-0.2, 0) is 16.6 Å². The van der Waals surface area contributed by atoms with Gasteiger partial charge in [0, 0.05) is 43.0 Å². The van der Waals surface area contributed by atoms with E-state index in [4.69, 9.17) is 11.6 Å². The van der Waals surface area contributed by atoms with Crippen LogP contribution in [0.25, 0.3) is 0 Å². The van der Waals surface area contributed by atoms with E-state index in [0.717, 1.165) is 5.69 Å². The van der Waals surface area contributed by atoms with Crippen LogP contribution in [0.5, 0.6) is 0 Å². The largest absolute Gasteiger partial charge is 0.312 e. The predicted octanol–water partition coefficient (Wildman–Crippen LogP) is 2.07. The smallest absolute Gasteiger partial charge is 0.231 e. The molecule has 1 saturated heterocycles. The van der Waals surface area contributed by atoms with Gasteiger partial charge < -0.3 is 10.2 Å². The van der Waals surface area contributed by atoms with E-state index in [1.165, 1.54) is 0 Å². The van der Waals surface area contributed by atoms with Gasteiger partial charge in [0.2, 0.25) is 11.8 Å². The molecule has 1 fully saturated rings. The molecule has 1 unspecified atom stereocenters. The lowest BCUT2D eigenvalue weighted by molar-refractivity contribution is -0.122. The lowest BCUT2D eigenvalue weighted by atomic mass is 10.1. The second kappa shape index (κ2) is 5.81. The van der Waals surface area contributed by atoms with Crippen LogP contribution in [0.4, 0.5) is 11.5 Å². The van der Waals surface area contributed by atoms with Gasteiger partial charge in [-0.25, -0.2) is 0 Å². The topological polar surface area (TPSA) is 67.2 Å². The highest BCUT2D eigenvalue weighted by molar-refractivity contribution is 6.30. The number of anilines is 2. The van der Waals surface area contributed by atoms with Crippen molar-refractivity contribution in [2.45, 2.75) is 6.42 Å². The minimum absolute atomic E-state index is 0.0662. The normalized spacial score (nSPS) is 17.8. The number of nitrogens with zero attached hydrogens (tertiary/aromatic N) is 3. The zero-order valence-electron chi connectivity index (χ0n) is 12.0. The molecule has 7 heteroatoms. The van der Waals surface area contributed by atoms with Crippen molar-refractivity contribution in [3.8, 4) is 0 Å². The van der Waals surface area contributed by atoms with Crippen LogP contribution in [0, 0.1) is 5.92 Å². The number of hydrogen-bond donors (Lipinski definition) is 1. The van der Waals surface area contributed by atoms with E-state index in [9.17, 15) is 9.59 Å². The lowest BCUT2D eigenvalue weighted by Gasteiger charge is -2.16. The molecule has 114 valence electrons. The molecular formula is C15H15ClN4O2. The first-order chi connectivity index (χ1) is 10.5. The van der Waals surface area contributed by atoms with Crippen LogP contribution in [0.3, 0.4) is 0 Å². The molecule has 0 saturated carbocycles. The van der Waals surface area contributed by atoms with Gasteiger partial charge in [-0.15, -0.1) is 0 Å². The predicted molar refractivity (Wildman–Crippen MR) is 83.7 cm³/mol. The molecule has 0 radical (unpaired) electrons. The number of carbonyl (C=O) groups excluding carboxylic acids is 2. The van der Waals surface area contributed by atoms with Gasteiger partial charge in [0.05, 0.1) is 5.92 Å². The van der Waals surface area contributed by atoms with Crippen LogP contribution >= 0.6 is 11.6 Å². The van der Waals surface area contributed by atoms with Crippen molar-refractivity contribution in [3.05, 3.63) is 41.6 Å². The summed E-state index contributed by atoms with van der Waals surface area (Å²) in [6, 6.07) is 8.72. The summed E-state index contributed by atoms with van der Waals surface area (Å²) in [5, 5.41) is 7.45. The van der Waals surface area contributed by atoms with E-state index in [0.29, 0.717) is 17.4 Å². The summed E-state index contributed by atoms with van der Waals surface area (Å²) in [6.45, 7) is 0.360. The van der Waals surface area contributed by atoms with E-state index in [1.807, 2.05) is 0 Å². The van der Waals surface area contributed by atoms with Gasteiger partial charge in [0.25, 0.3) is 0 Å². The Bertz CT molecular complexity index is 711. The van der Waals surface area contributed by atoms with Crippen LogP contribution in [0.1, 0.15) is 6.42 Å². The van der Waals surface area contributed by atoms with E-state index in [1.54, 1.807) is 53.2 Å². The lowest BCUT2D eigenvalue weighted by Crippen LogP contribution is -2.28. The highest BCUT2D eigenvalue weighted by Gasteiger charge is 2.35. The van der Waals surface area contributed by atoms with Gasteiger partial charge in [0.15, 0.2) is 5.82 Å². The molecule has 6 nitrogen and oxygen atoms in total. The Morgan fingerprint density at radius 2 is 2.05 bits per heavy atom. The monoisotopic (exact) mass is 318 g/mol. The Morgan fingerprint density at radius 1 is 1.32 bits per heavy atom. The van der Waals surface area contributed by atoms with Gasteiger partial charge in [-0.3, -0.25) is 14.3 Å². The van der Waals surface area contributed by atoms with Crippen molar-refractivity contribution in [1.82, 2.24) is 9.78 Å². The number of carbonyl (C=O) groups is 2. The molecule has 0 aliphatic carbocycles. The summed E-state index contributed by atoms with van der Waals surface area (Å²) in [5.74, 6) is -0.151. The van der Waals surface area contributed by atoms with E-state index < -0.39 is 0 Å². The van der Waals surface area contributed by atoms with Crippen LogP contribution in [0.2, 0.25) is 5.02 Å². The number of hydrogen-bond acceptors (Lipinski definition) is 3. The Balaban J connectivity index is 1.68. The fourth-order valence-corrected chi connectivity index (χ4v) is 2.59. The summed E-state index contributed by atoms with van der Waals surface area (Å²) in [6.07, 6.45) is 1.94. The van der Waals surface area contributed by atoms with E-state index in [2.05, 4.69) is 10.4 Å². The molecule has 1 N–H and O–H groups in total. The van der Waals surface area contributed by atoms with Gasteiger partial charge in [-0.1, -0.05) is 11.6 Å². The first-order valence-electron chi connectivity index (χ1n) is 6.89. The number of aryl methyl sites for hydroxylation is 1. The molecule has 2 aromatic rings. The summed E-state index contributed by atoms with van der Waals surface area (Å²) >= 11 is 5.85. The molecule has 1 aliphatic rings. The molecule has 1 aliphatic heterocycles. The maximum atomic E-state index is 12.2. The minimum atomic E-state index is -0.384. The second-order valence-corrected chi connectivity index (χ2v) is 5.68. The highest BCUT2D eigenvalue weighted by Crippen LogP contribution is 2.26. The summed E-state index contributed by atoms with van der Waals surface area (Å²) in [5.41, 5.74) is 0.752. The fraction of sp³-hybridized carbons (Fsp3) is 0.267. The maximum absolute atomic E-state index is 12.2. The van der Waals surface area contributed by atoms with Crippen LogP contribution < -0.4 is 10.2 Å². The molecule has 1 atom stereocenters. The number of nitrogens with one attached hydrogen (secondary N) is 1. The number of amides is 2. The highest BCUT2D eigenvalue weighted by atomic mass is 35.5. The number of halogens is 1. The van der Waals surface area contributed by atoms with Crippen molar-refractivity contribution in [2.24, 2.45) is 13.0 Å². The summed E-state index contributed by atoms with van der Waals surface area (Å²) in [7, 11) is 1.77. The average Bonchev–Trinajstić information content (AvgIpc) is 3.06. The van der Waals surface area contributed by atoms with Crippen molar-refractivity contribution in [3.63, 3.8) is 0 Å². The Morgan fingerprint density at radius 3 is 2.68 bits per heavy atom. The third-order valence-corrected chi connectivity index (χ3v) is 3.85. The standard InChI is InChI=1S/C15H15ClN4O2/c1-19-7-6-13(18-19)17-15(22)10-8-14(21)20(9-10)12-4-2-11(16)3-5-12/h2-7,10H,8-9H2,1H3,(H,17,18,22). The van der Waals surface area contributed by atoms with Gasteiger partial charge in [-0.2, -0.15) is 5.10 Å². The molecule has 0 bridgehead atoms. The first kappa shape index (κ1) is 14.6. The van der Waals surface area contributed by atoms with Gasteiger partial charge in [-0.05, 0) is 24.3 Å². The molecule has 2 amide bonds. The van der Waals surface area contributed by atoms with E-state index in [-0.39, 0.29) is 24.2 Å². The third-order valence-electron chi connectivity index (χ3n) is 3.60. The molecule has 3 rings (SSSR count).